The van der Waals surface area contributed by atoms with Crippen LogP contribution in [0.5, 0.6) is 5.75 Å². The van der Waals surface area contributed by atoms with E-state index in [9.17, 15) is 9.59 Å². The van der Waals surface area contributed by atoms with Gasteiger partial charge in [-0.15, -0.1) is 0 Å². The van der Waals surface area contributed by atoms with Crippen molar-refractivity contribution >= 4 is 17.7 Å². The lowest BCUT2D eigenvalue weighted by atomic mass is 9.90. The molecular formula is C23H31N3O5. The second-order valence-corrected chi connectivity index (χ2v) is 7.87. The normalized spacial score (nSPS) is 14.3. The Bertz CT molecular complexity index is 903. The van der Waals surface area contributed by atoms with Crippen molar-refractivity contribution in [3.8, 4) is 5.75 Å². The summed E-state index contributed by atoms with van der Waals surface area (Å²) in [4.78, 5) is 32.6. The lowest BCUT2D eigenvalue weighted by molar-refractivity contribution is 0.0387. The van der Waals surface area contributed by atoms with Crippen LogP contribution in [0.4, 0.5) is 5.82 Å². The number of aryl methyl sites for hydroxylation is 1. The molecule has 1 fully saturated rings. The molecule has 1 saturated carbocycles. The fourth-order valence-corrected chi connectivity index (χ4v) is 3.91. The van der Waals surface area contributed by atoms with E-state index in [1.807, 2.05) is 0 Å². The highest BCUT2D eigenvalue weighted by molar-refractivity contribution is 6.07. The van der Waals surface area contributed by atoms with Crippen molar-refractivity contribution in [2.24, 2.45) is 5.92 Å². The van der Waals surface area contributed by atoms with E-state index >= 15 is 0 Å². The van der Waals surface area contributed by atoms with E-state index in [0.29, 0.717) is 53.2 Å². The summed E-state index contributed by atoms with van der Waals surface area (Å²) >= 11 is 0. The van der Waals surface area contributed by atoms with Gasteiger partial charge in [0.25, 0.3) is 5.91 Å². The van der Waals surface area contributed by atoms with Crippen molar-refractivity contribution in [3.05, 3.63) is 40.8 Å². The molecule has 0 atom stereocenters. The van der Waals surface area contributed by atoms with Gasteiger partial charge in [-0.1, -0.05) is 19.3 Å². The Morgan fingerprint density at radius 3 is 2.71 bits per heavy atom. The number of carbonyl (C=O) groups is 2. The summed E-state index contributed by atoms with van der Waals surface area (Å²) in [5, 5.41) is 2.81. The van der Waals surface area contributed by atoms with Gasteiger partial charge in [-0.2, -0.15) is 0 Å². The number of aromatic amines is 1. The second kappa shape index (κ2) is 10.9. The van der Waals surface area contributed by atoms with Gasteiger partial charge in [0.2, 0.25) is 0 Å². The van der Waals surface area contributed by atoms with Crippen LogP contribution in [-0.2, 0) is 9.47 Å². The monoisotopic (exact) mass is 429 g/mol. The number of esters is 1. The average Bonchev–Trinajstić information content (AvgIpc) is 3.08. The smallest absolute Gasteiger partial charge is 0.340 e. The van der Waals surface area contributed by atoms with Gasteiger partial charge in [-0.25, -0.2) is 9.78 Å². The summed E-state index contributed by atoms with van der Waals surface area (Å²) in [7, 11) is 1.54. The van der Waals surface area contributed by atoms with Gasteiger partial charge in [0.1, 0.15) is 12.3 Å². The number of hydrogen-bond acceptors (Lipinski definition) is 6. The van der Waals surface area contributed by atoms with Crippen LogP contribution >= 0.6 is 0 Å². The van der Waals surface area contributed by atoms with Crippen LogP contribution in [0.15, 0.2) is 18.3 Å². The molecule has 1 amide bonds. The predicted octanol–water partition coefficient (Wildman–Crippen LogP) is 4.04. The first-order chi connectivity index (χ1) is 15.0. The Labute approximate surface area is 182 Å². The molecule has 8 heteroatoms. The van der Waals surface area contributed by atoms with Crippen molar-refractivity contribution in [2.75, 3.05) is 32.2 Å². The first-order valence-electron chi connectivity index (χ1n) is 10.8. The van der Waals surface area contributed by atoms with Crippen LogP contribution in [0.1, 0.15) is 64.2 Å². The van der Waals surface area contributed by atoms with Gasteiger partial charge in [0, 0.05) is 19.0 Å². The zero-order valence-corrected chi connectivity index (χ0v) is 18.5. The Hall–Kier alpha value is -2.87. The summed E-state index contributed by atoms with van der Waals surface area (Å²) in [6.07, 6.45) is 7.73. The standard InChI is InChI=1S/C23H31N3O5/c1-15-19(23(28)30-13-12-29-3)16(2)25-20(15)22(27)26-21-18(10-7-11-24-21)31-14-17-8-5-4-6-9-17/h7,10-11,17,25H,4-6,8-9,12-14H2,1-3H3,(H,24,26,27). The zero-order valence-electron chi connectivity index (χ0n) is 18.5. The fraction of sp³-hybridized carbons (Fsp3) is 0.522. The maximum absolute atomic E-state index is 12.9. The largest absolute Gasteiger partial charge is 0.489 e. The highest BCUT2D eigenvalue weighted by atomic mass is 16.6. The Morgan fingerprint density at radius 2 is 1.97 bits per heavy atom. The topological polar surface area (TPSA) is 103 Å². The van der Waals surface area contributed by atoms with Crippen molar-refractivity contribution < 1.29 is 23.8 Å². The third-order valence-corrected chi connectivity index (χ3v) is 5.59. The zero-order chi connectivity index (χ0) is 22.2. The second-order valence-electron chi connectivity index (χ2n) is 7.87. The van der Waals surface area contributed by atoms with Crippen LogP contribution in [0, 0.1) is 19.8 Å². The van der Waals surface area contributed by atoms with Crippen LogP contribution in [0.25, 0.3) is 0 Å². The number of H-pyrrole nitrogens is 1. The number of anilines is 1. The number of methoxy groups -OCH3 is 1. The molecule has 0 radical (unpaired) electrons. The summed E-state index contributed by atoms with van der Waals surface area (Å²) in [6.45, 7) is 4.52. The van der Waals surface area contributed by atoms with E-state index in [-0.39, 0.29) is 6.61 Å². The van der Waals surface area contributed by atoms with Gasteiger partial charge >= 0.3 is 5.97 Å². The average molecular weight is 430 g/mol. The van der Waals surface area contributed by atoms with Crippen LogP contribution in [-0.4, -0.2) is 48.8 Å². The number of pyridine rings is 1. The molecule has 3 rings (SSSR count). The molecule has 0 saturated heterocycles. The Balaban J connectivity index is 1.69. The van der Waals surface area contributed by atoms with Crippen LogP contribution in [0.2, 0.25) is 0 Å². The molecule has 0 unspecified atom stereocenters. The predicted molar refractivity (Wildman–Crippen MR) is 117 cm³/mol. The lowest BCUT2D eigenvalue weighted by Crippen LogP contribution is -2.18. The highest BCUT2D eigenvalue weighted by Gasteiger charge is 2.24. The molecular weight excluding hydrogens is 398 g/mol. The number of aromatic nitrogens is 2. The van der Waals surface area contributed by atoms with Crippen LogP contribution < -0.4 is 10.1 Å². The quantitative estimate of drug-likeness (QED) is 0.461. The maximum atomic E-state index is 12.9. The molecule has 1 aliphatic rings. The molecule has 0 spiro atoms. The molecule has 31 heavy (non-hydrogen) atoms. The maximum Gasteiger partial charge on any atom is 0.340 e. The Morgan fingerprint density at radius 1 is 1.19 bits per heavy atom. The van der Waals surface area contributed by atoms with Gasteiger partial charge in [0.05, 0.1) is 18.8 Å². The number of nitrogens with one attached hydrogen (secondary N) is 2. The molecule has 0 aliphatic heterocycles. The summed E-state index contributed by atoms with van der Waals surface area (Å²) in [6, 6.07) is 3.58. The number of rotatable bonds is 9. The SMILES string of the molecule is COCCOC(=O)c1c(C)[nH]c(C(=O)Nc2ncccc2OCC2CCCCC2)c1C. The van der Waals surface area contributed by atoms with Gasteiger partial charge in [0.15, 0.2) is 11.6 Å². The Kier molecular flexibility index (Phi) is 8.06. The summed E-state index contributed by atoms with van der Waals surface area (Å²) in [5.41, 5.74) is 1.74. The van der Waals surface area contributed by atoms with E-state index in [1.165, 1.54) is 39.2 Å². The van der Waals surface area contributed by atoms with Gasteiger partial charge in [-0.05, 0) is 50.3 Å². The van der Waals surface area contributed by atoms with Crippen molar-refractivity contribution in [1.29, 1.82) is 0 Å². The number of amides is 1. The molecule has 168 valence electrons. The van der Waals surface area contributed by atoms with E-state index in [1.54, 1.807) is 32.2 Å². The molecule has 8 nitrogen and oxygen atoms in total. The number of hydrogen-bond donors (Lipinski definition) is 2. The molecule has 2 aromatic rings. The molecule has 2 aromatic heterocycles. The van der Waals surface area contributed by atoms with Gasteiger partial charge in [-0.3, -0.25) is 4.79 Å². The fourth-order valence-electron chi connectivity index (χ4n) is 3.91. The highest BCUT2D eigenvalue weighted by Crippen LogP contribution is 2.28. The summed E-state index contributed by atoms with van der Waals surface area (Å²) in [5.74, 6) is 0.563. The first-order valence-corrected chi connectivity index (χ1v) is 10.8. The molecule has 0 bridgehead atoms. The van der Waals surface area contributed by atoms with Crippen molar-refractivity contribution in [3.63, 3.8) is 0 Å². The summed E-state index contributed by atoms with van der Waals surface area (Å²) < 4.78 is 16.1. The molecule has 1 aliphatic carbocycles. The van der Waals surface area contributed by atoms with E-state index < -0.39 is 11.9 Å². The van der Waals surface area contributed by atoms with Crippen molar-refractivity contribution in [2.45, 2.75) is 46.0 Å². The molecule has 2 N–H and O–H groups in total. The number of carbonyl (C=O) groups excluding carboxylic acids is 2. The third-order valence-electron chi connectivity index (χ3n) is 5.59. The first kappa shape index (κ1) is 22.8. The van der Waals surface area contributed by atoms with E-state index in [4.69, 9.17) is 14.2 Å². The number of ether oxygens (including phenoxy) is 3. The van der Waals surface area contributed by atoms with E-state index in [0.717, 1.165) is 0 Å². The third kappa shape index (κ3) is 5.85. The minimum Gasteiger partial charge on any atom is -0.489 e. The van der Waals surface area contributed by atoms with Gasteiger partial charge < -0.3 is 24.5 Å². The molecule has 0 aromatic carbocycles. The van der Waals surface area contributed by atoms with Crippen molar-refractivity contribution in [1.82, 2.24) is 9.97 Å². The van der Waals surface area contributed by atoms with Crippen LogP contribution in [0.3, 0.4) is 0 Å². The van der Waals surface area contributed by atoms with E-state index in [2.05, 4.69) is 15.3 Å². The lowest BCUT2D eigenvalue weighted by Gasteiger charge is -2.22. The molecule has 2 heterocycles. The number of nitrogens with zero attached hydrogens (tertiary/aromatic N) is 1. The minimum atomic E-state index is -0.489. The minimum absolute atomic E-state index is 0.149.